The molecule has 2 rings (SSSR count). The number of ether oxygens (including phenoxy) is 3. The second-order valence-electron chi connectivity index (χ2n) is 5.29. The molecule has 1 N–H and O–H groups in total. The van der Waals surface area contributed by atoms with E-state index in [1.165, 1.54) is 39.5 Å². The van der Waals surface area contributed by atoms with Crippen LogP contribution in [0, 0.1) is 0 Å². The van der Waals surface area contributed by atoms with Crippen LogP contribution in [-0.2, 0) is 4.74 Å². The number of methoxy groups -OCH3 is 3. The summed E-state index contributed by atoms with van der Waals surface area (Å²) in [5, 5.41) is 10.8. The quantitative estimate of drug-likeness (QED) is 0.791. The Labute approximate surface area is 150 Å². The SMILES string of the molecule is CC=Cc1cc(=O)c(C(O)c2c(OC)cc(OC)cc2C(=O)OC)co1. The lowest BCUT2D eigenvalue weighted by Gasteiger charge is -2.19. The first-order valence-electron chi connectivity index (χ1n) is 7.74. The van der Waals surface area contributed by atoms with Crippen molar-refractivity contribution in [3.63, 3.8) is 0 Å². The second-order valence-corrected chi connectivity index (χ2v) is 5.29. The number of esters is 1. The van der Waals surface area contributed by atoms with Crippen molar-refractivity contribution >= 4 is 12.0 Å². The van der Waals surface area contributed by atoms with E-state index in [0.717, 1.165) is 6.26 Å². The lowest BCUT2D eigenvalue weighted by Crippen LogP contribution is -2.18. The summed E-state index contributed by atoms with van der Waals surface area (Å²) >= 11 is 0. The van der Waals surface area contributed by atoms with Crippen LogP contribution in [0.5, 0.6) is 11.5 Å². The van der Waals surface area contributed by atoms with E-state index in [0.29, 0.717) is 11.5 Å². The summed E-state index contributed by atoms with van der Waals surface area (Å²) in [5.41, 5.74) is -0.364. The summed E-state index contributed by atoms with van der Waals surface area (Å²) in [6, 6.07) is 4.16. The van der Waals surface area contributed by atoms with Crippen LogP contribution in [0.3, 0.4) is 0 Å². The average Bonchev–Trinajstić information content (AvgIpc) is 2.66. The molecule has 1 aromatic heterocycles. The minimum Gasteiger partial charge on any atom is -0.497 e. The molecule has 0 aliphatic heterocycles. The van der Waals surface area contributed by atoms with Gasteiger partial charge in [-0.15, -0.1) is 0 Å². The van der Waals surface area contributed by atoms with E-state index in [1.54, 1.807) is 19.1 Å². The molecule has 0 radical (unpaired) electrons. The molecule has 2 aromatic rings. The largest absolute Gasteiger partial charge is 0.497 e. The van der Waals surface area contributed by atoms with Crippen molar-refractivity contribution in [2.45, 2.75) is 13.0 Å². The standard InChI is InChI=1S/C19H20O7/c1-5-6-11-8-15(20)14(10-26-11)18(21)17-13(19(22)25-4)7-12(23-2)9-16(17)24-3/h5-10,18,21H,1-4H3. The summed E-state index contributed by atoms with van der Waals surface area (Å²) in [4.78, 5) is 24.5. The molecule has 0 saturated carbocycles. The van der Waals surface area contributed by atoms with E-state index in [9.17, 15) is 14.7 Å². The first-order chi connectivity index (χ1) is 12.5. The maximum Gasteiger partial charge on any atom is 0.338 e. The zero-order chi connectivity index (χ0) is 19.3. The Morgan fingerprint density at radius 3 is 2.46 bits per heavy atom. The molecule has 1 heterocycles. The van der Waals surface area contributed by atoms with Crippen molar-refractivity contribution in [2.24, 2.45) is 0 Å². The molecule has 0 bridgehead atoms. The Kier molecular flexibility index (Phi) is 6.19. The van der Waals surface area contributed by atoms with Crippen molar-refractivity contribution < 1.29 is 28.5 Å². The summed E-state index contributed by atoms with van der Waals surface area (Å²) in [7, 11) is 4.02. The lowest BCUT2D eigenvalue weighted by atomic mass is 9.96. The molecular weight excluding hydrogens is 340 g/mol. The van der Waals surface area contributed by atoms with Crippen molar-refractivity contribution in [2.75, 3.05) is 21.3 Å². The summed E-state index contributed by atoms with van der Waals surface area (Å²) < 4.78 is 20.5. The van der Waals surface area contributed by atoms with Gasteiger partial charge in [-0.3, -0.25) is 4.79 Å². The van der Waals surface area contributed by atoms with Crippen molar-refractivity contribution in [1.29, 1.82) is 0 Å². The van der Waals surface area contributed by atoms with Crippen LogP contribution in [0.1, 0.15) is 40.3 Å². The van der Waals surface area contributed by atoms with E-state index in [4.69, 9.17) is 18.6 Å². The third kappa shape index (κ3) is 3.78. The predicted octanol–water partition coefficient (Wildman–Crippen LogP) is 2.56. The number of rotatable bonds is 6. The number of benzene rings is 1. The normalized spacial score (nSPS) is 12.0. The molecular formula is C19H20O7. The topological polar surface area (TPSA) is 95.2 Å². The highest BCUT2D eigenvalue weighted by atomic mass is 16.5. The number of aliphatic hydroxyl groups excluding tert-OH is 1. The van der Waals surface area contributed by atoms with Crippen LogP contribution in [0.25, 0.3) is 6.08 Å². The molecule has 138 valence electrons. The molecule has 0 amide bonds. The van der Waals surface area contributed by atoms with Gasteiger partial charge in [0.25, 0.3) is 0 Å². The first kappa shape index (κ1) is 19.3. The number of carbonyl (C=O) groups is 1. The Morgan fingerprint density at radius 1 is 1.19 bits per heavy atom. The van der Waals surface area contributed by atoms with Gasteiger partial charge in [-0.25, -0.2) is 4.79 Å². The summed E-state index contributed by atoms with van der Waals surface area (Å²) in [5.74, 6) is 0.164. The van der Waals surface area contributed by atoms with Crippen LogP contribution < -0.4 is 14.9 Å². The third-order valence-corrected chi connectivity index (χ3v) is 3.76. The zero-order valence-corrected chi connectivity index (χ0v) is 14.9. The molecule has 0 saturated heterocycles. The molecule has 0 aliphatic rings. The highest BCUT2D eigenvalue weighted by Crippen LogP contribution is 2.36. The van der Waals surface area contributed by atoms with E-state index in [1.807, 2.05) is 0 Å². The fourth-order valence-electron chi connectivity index (χ4n) is 2.49. The number of aliphatic hydroxyl groups is 1. The number of carbonyl (C=O) groups excluding carboxylic acids is 1. The lowest BCUT2D eigenvalue weighted by molar-refractivity contribution is 0.0593. The van der Waals surface area contributed by atoms with Crippen LogP contribution >= 0.6 is 0 Å². The van der Waals surface area contributed by atoms with Crippen LogP contribution in [-0.4, -0.2) is 32.4 Å². The summed E-state index contributed by atoms with van der Waals surface area (Å²) in [6.07, 6.45) is 3.04. The van der Waals surface area contributed by atoms with Gasteiger partial charge in [0, 0.05) is 17.7 Å². The van der Waals surface area contributed by atoms with E-state index in [2.05, 4.69) is 0 Å². The fourth-order valence-corrected chi connectivity index (χ4v) is 2.49. The third-order valence-electron chi connectivity index (χ3n) is 3.76. The minimum atomic E-state index is -1.46. The van der Waals surface area contributed by atoms with Crippen molar-refractivity contribution in [3.8, 4) is 11.5 Å². The van der Waals surface area contributed by atoms with Gasteiger partial charge >= 0.3 is 5.97 Å². The first-order valence-corrected chi connectivity index (χ1v) is 7.74. The van der Waals surface area contributed by atoms with E-state index >= 15 is 0 Å². The van der Waals surface area contributed by atoms with E-state index in [-0.39, 0.29) is 22.4 Å². The van der Waals surface area contributed by atoms with Gasteiger partial charge in [0.2, 0.25) is 0 Å². The Balaban J connectivity index is 2.66. The van der Waals surface area contributed by atoms with Gasteiger partial charge in [-0.1, -0.05) is 6.08 Å². The minimum absolute atomic E-state index is 0.0214. The van der Waals surface area contributed by atoms with Gasteiger partial charge in [0.15, 0.2) is 5.43 Å². The van der Waals surface area contributed by atoms with Gasteiger partial charge < -0.3 is 23.7 Å². The van der Waals surface area contributed by atoms with Crippen LogP contribution in [0.2, 0.25) is 0 Å². The summed E-state index contributed by atoms with van der Waals surface area (Å²) in [6.45, 7) is 1.79. The van der Waals surface area contributed by atoms with Gasteiger partial charge in [0.05, 0.1) is 32.5 Å². The molecule has 0 aliphatic carbocycles. The maximum absolute atomic E-state index is 12.4. The molecule has 0 fully saturated rings. The Bertz CT molecular complexity index is 880. The smallest absolute Gasteiger partial charge is 0.338 e. The maximum atomic E-state index is 12.4. The molecule has 1 atom stereocenters. The molecule has 7 nitrogen and oxygen atoms in total. The van der Waals surface area contributed by atoms with Gasteiger partial charge in [0.1, 0.15) is 29.6 Å². The van der Waals surface area contributed by atoms with Crippen LogP contribution in [0.4, 0.5) is 0 Å². The van der Waals surface area contributed by atoms with Crippen LogP contribution in [0.15, 0.2) is 39.7 Å². The number of hydrogen-bond donors (Lipinski definition) is 1. The monoisotopic (exact) mass is 360 g/mol. The number of allylic oxidation sites excluding steroid dienone is 1. The van der Waals surface area contributed by atoms with Gasteiger partial charge in [-0.05, 0) is 19.1 Å². The Morgan fingerprint density at radius 2 is 1.92 bits per heavy atom. The fraction of sp³-hybridized carbons (Fsp3) is 0.263. The molecule has 7 heteroatoms. The van der Waals surface area contributed by atoms with E-state index < -0.39 is 17.5 Å². The number of hydrogen-bond acceptors (Lipinski definition) is 7. The average molecular weight is 360 g/mol. The molecule has 1 unspecified atom stereocenters. The van der Waals surface area contributed by atoms with Gasteiger partial charge in [-0.2, -0.15) is 0 Å². The molecule has 1 aromatic carbocycles. The Hall–Kier alpha value is -3.06. The zero-order valence-electron chi connectivity index (χ0n) is 14.9. The highest BCUT2D eigenvalue weighted by Gasteiger charge is 2.27. The predicted molar refractivity (Wildman–Crippen MR) is 94.6 cm³/mol. The molecule has 0 spiro atoms. The second kappa shape index (κ2) is 8.35. The van der Waals surface area contributed by atoms with Crippen molar-refractivity contribution in [3.05, 3.63) is 63.2 Å². The van der Waals surface area contributed by atoms with Crippen molar-refractivity contribution in [1.82, 2.24) is 0 Å². The highest BCUT2D eigenvalue weighted by molar-refractivity contribution is 5.93. The molecule has 26 heavy (non-hydrogen) atoms.